The molecule has 4 aromatic rings. The fourth-order valence-corrected chi connectivity index (χ4v) is 5.74. The molecule has 10 heteroatoms. The molecule has 5 rings (SSSR count). The molecular formula is C31H30FN5O3S. The second-order valence-electron chi connectivity index (χ2n) is 10.1. The summed E-state index contributed by atoms with van der Waals surface area (Å²) in [5, 5.41) is 16.3. The molecule has 0 saturated carbocycles. The van der Waals surface area contributed by atoms with Gasteiger partial charge < -0.3 is 25.2 Å². The van der Waals surface area contributed by atoms with Gasteiger partial charge in [-0.1, -0.05) is 12.1 Å². The van der Waals surface area contributed by atoms with E-state index in [2.05, 4.69) is 26.3 Å². The van der Waals surface area contributed by atoms with Crippen LogP contribution in [-0.2, 0) is 4.79 Å². The summed E-state index contributed by atoms with van der Waals surface area (Å²) in [7, 11) is 0. The van der Waals surface area contributed by atoms with Crippen LogP contribution in [-0.4, -0.2) is 43.1 Å². The van der Waals surface area contributed by atoms with Gasteiger partial charge in [0.15, 0.2) is 5.11 Å². The highest BCUT2D eigenvalue weighted by Gasteiger charge is 2.41. The topological polar surface area (TPSA) is 99.5 Å². The van der Waals surface area contributed by atoms with Gasteiger partial charge in [0.2, 0.25) is 5.91 Å². The number of nitrogens with zero attached hydrogens (tertiary/aromatic N) is 3. The third-order valence-electron chi connectivity index (χ3n) is 7.39. The van der Waals surface area contributed by atoms with Crippen molar-refractivity contribution in [3.8, 4) is 5.69 Å². The fraction of sp³-hybridized carbons (Fsp3) is 0.226. The zero-order chi connectivity index (χ0) is 29.3. The number of hydrogen-bond acceptors (Lipinski definition) is 4. The van der Waals surface area contributed by atoms with Crippen LogP contribution in [0.2, 0.25) is 0 Å². The van der Waals surface area contributed by atoms with E-state index in [1.807, 2.05) is 49.9 Å². The van der Waals surface area contributed by atoms with Gasteiger partial charge in [-0.15, -0.1) is 0 Å². The van der Waals surface area contributed by atoms with Crippen LogP contribution in [0.1, 0.15) is 57.1 Å². The van der Waals surface area contributed by atoms with Crippen LogP contribution in [0.4, 0.5) is 10.1 Å². The van der Waals surface area contributed by atoms with Crippen LogP contribution in [0.25, 0.3) is 5.69 Å². The molecule has 0 unspecified atom stereocenters. The molecule has 3 N–H and O–H groups in total. The van der Waals surface area contributed by atoms with Gasteiger partial charge in [-0.25, -0.2) is 9.18 Å². The maximum atomic E-state index is 13.3. The van der Waals surface area contributed by atoms with E-state index in [9.17, 15) is 19.1 Å². The maximum absolute atomic E-state index is 13.3. The Kier molecular flexibility index (Phi) is 7.85. The van der Waals surface area contributed by atoms with Gasteiger partial charge in [-0.05, 0) is 98.7 Å². The van der Waals surface area contributed by atoms with Crippen LogP contribution in [0.5, 0.6) is 0 Å². The molecule has 0 aliphatic carbocycles. The molecule has 1 aliphatic heterocycles. The zero-order valence-corrected chi connectivity index (χ0v) is 23.7. The van der Waals surface area contributed by atoms with Crippen molar-refractivity contribution in [3.05, 3.63) is 113 Å². The lowest BCUT2D eigenvalue weighted by Crippen LogP contribution is -2.32. The average Bonchev–Trinajstić information content (AvgIpc) is 3.43. The highest BCUT2D eigenvalue weighted by atomic mass is 32.1. The number of carboxylic acid groups (broad SMARTS) is 1. The van der Waals surface area contributed by atoms with E-state index >= 15 is 0 Å². The van der Waals surface area contributed by atoms with Gasteiger partial charge in [-0.2, -0.15) is 0 Å². The van der Waals surface area contributed by atoms with Crippen molar-refractivity contribution >= 4 is 34.9 Å². The summed E-state index contributed by atoms with van der Waals surface area (Å²) in [6.07, 6.45) is 1.89. The Labute approximate surface area is 242 Å². The molecule has 2 atom stereocenters. The van der Waals surface area contributed by atoms with Crippen molar-refractivity contribution in [2.24, 2.45) is 0 Å². The Morgan fingerprint density at radius 2 is 1.83 bits per heavy atom. The van der Waals surface area contributed by atoms with E-state index in [1.54, 1.807) is 18.3 Å². The monoisotopic (exact) mass is 571 g/mol. The Morgan fingerprint density at radius 1 is 1.07 bits per heavy atom. The first-order valence-corrected chi connectivity index (χ1v) is 13.6. The molecule has 1 fully saturated rings. The second kappa shape index (κ2) is 11.5. The van der Waals surface area contributed by atoms with E-state index in [0.29, 0.717) is 17.3 Å². The van der Waals surface area contributed by atoms with E-state index in [4.69, 9.17) is 12.2 Å². The molecule has 2 aromatic heterocycles. The molecule has 1 saturated heterocycles. The van der Waals surface area contributed by atoms with E-state index < -0.39 is 5.97 Å². The van der Waals surface area contributed by atoms with Crippen molar-refractivity contribution < 1.29 is 19.1 Å². The number of amides is 1. The molecule has 0 bridgehead atoms. The Balaban J connectivity index is 1.50. The minimum atomic E-state index is -0.986. The van der Waals surface area contributed by atoms with Crippen LogP contribution in [0.15, 0.2) is 72.9 Å². The molecule has 210 valence electrons. The van der Waals surface area contributed by atoms with Crippen molar-refractivity contribution in [1.29, 1.82) is 0 Å². The van der Waals surface area contributed by atoms with Crippen molar-refractivity contribution in [1.82, 2.24) is 19.8 Å². The Hall–Kier alpha value is -4.57. The summed E-state index contributed by atoms with van der Waals surface area (Å²) < 4.78 is 15.3. The number of carboxylic acids is 1. The van der Waals surface area contributed by atoms with Crippen molar-refractivity contribution in [2.75, 3.05) is 11.9 Å². The number of anilines is 1. The number of halogens is 1. The summed E-state index contributed by atoms with van der Waals surface area (Å²) in [6, 6.07) is 18.0. The summed E-state index contributed by atoms with van der Waals surface area (Å²) in [4.78, 5) is 31.2. The van der Waals surface area contributed by atoms with Crippen molar-refractivity contribution in [3.63, 3.8) is 0 Å². The van der Waals surface area contributed by atoms with Gasteiger partial charge in [0, 0.05) is 41.9 Å². The lowest BCUT2D eigenvalue weighted by molar-refractivity contribution is -0.116. The van der Waals surface area contributed by atoms with Gasteiger partial charge >= 0.3 is 5.97 Å². The van der Waals surface area contributed by atoms with E-state index in [0.717, 1.165) is 33.9 Å². The smallest absolute Gasteiger partial charge is 0.335 e. The minimum Gasteiger partial charge on any atom is -0.478 e. The summed E-state index contributed by atoms with van der Waals surface area (Å²) >= 11 is 5.78. The summed E-state index contributed by atoms with van der Waals surface area (Å²) in [6.45, 7) is 6.28. The summed E-state index contributed by atoms with van der Waals surface area (Å²) in [5.74, 6) is -1.58. The van der Waals surface area contributed by atoms with Crippen LogP contribution < -0.4 is 10.6 Å². The third kappa shape index (κ3) is 5.69. The first-order valence-electron chi connectivity index (χ1n) is 13.2. The van der Waals surface area contributed by atoms with Crippen LogP contribution in [0, 0.1) is 26.6 Å². The second-order valence-corrected chi connectivity index (χ2v) is 10.5. The van der Waals surface area contributed by atoms with E-state index in [1.165, 1.54) is 24.3 Å². The average molecular weight is 572 g/mol. The molecular weight excluding hydrogens is 541 g/mol. The molecule has 8 nitrogen and oxygen atoms in total. The normalized spacial score (nSPS) is 16.5. The molecule has 41 heavy (non-hydrogen) atoms. The number of hydrogen-bond donors (Lipinski definition) is 3. The number of thiocarbonyl (C=S) groups is 1. The predicted octanol–water partition coefficient (Wildman–Crippen LogP) is 5.64. The number of aromatic carboxylic acids is 1. The SMILES string of the molecule is Cc1ccc(C(=O)O)cc1-n1c(C)cc([C@H]2[C@@H](c3ccccn3)NC(=S)N2CCC(=O)Nc2ccc(F)cc2)c1C. The first kappa shape index (κ1) is 28.0. The summed E-state index contributed by atoms with van der Waals surface area (Å²) in [5.41, 5.74) is 6.14. The van der Waals surface area contributed by atoms with Crippen molar-refractivity contribution in [2.45, 2.75) is 39.3 Å². The minimum absolute atomic E-state index is 0.156. The quantitative estimate of drug-likeness (QED) is 0.236. The number of nitrogens with one attached hydrogen (secondary N) is 2. The molecule has 1 aliphatic rings. The van der Waals surface area contributed by atoms with Gasteiger partial charge in [-0.3, -0.25) is 9.78 Å². The highest BCUT2D eigenvalue weighted by Crippen LogP contribution is 2.41. The number of rotatable bonds is 8. The molecule has 1 amide bonds. The number of aryl methyl sites for hydroxylation is 2. The lowest BCUT2D eigenvalue weighted by atomic mass is 9.96. The zero-order valence-electron chi connectivity index (χ0n) is 22.9. The Bertz CT molecular complexity index is 1620. The number of carbonyl (C=O) groups is 2. The first-order chi connectivity index (χ1) is 19.6. The number of carbonyl (C=O) groups excluding carboxylic acids is 1. The van der Waals surface area contributed by atoms with Gasteiger partial charge in [0.05, 0.1) is 23.3 Å². The highest BCUT2D eigenvalue weighted by molar-refractivity contribution is 7.80. The van der Waals surface area contributed by atoms with Gasteiger partial charge in [0.1, 0.15) is 5.82 Å². The molecule has 2 aromatic carbocycles. The maximum Gasteiger partial charge on any atom is 0.335 e. The number of aromatic nitrogens is 2. The standard InChI is InChI=1S/C31H30FN5O3S/c1-18-7-8-21(30(39)40)17-26(18)37-19(2)16-24(20(37)3)29-28(25-6-4-5-14-33-25)35-31(41)36(29)15-13-27(38)34-23-11-9-22(32)10-12-23/h4-12,14,16-17,28-29H,13,15H2,1-3H3,(H,34,38)(H,35,41)(H,39,40)/t28-,29+/m1/s1. The Morgan fingerprint density at radius 3 is 2.51 bits per heavy atom. The number of pyridine rings is 1. The molecule has 3 heterocycles. The molecule has 0 radical (unpaired) electrons. The van der Waals surface area contributed by atoms with Crippen LogP contribution >= 0.6 is 12.2 Å². The predicted molar refractivity (Wildman–Crippen MR) is 159 cm³/mol. The molecule has 0 spiro atoms. The fourth-order valence-electron chi connectivity index (χ4n) is 5.40. The van der Waals surface area contributed by atoms with Crippen LogP contribution in [0.3, 0.4) is 0 Å². The van der Waals surface area contributed by atoms with E-state index in [-0.39, 0.29) is 35.8 Å². The number of benzene rings is 2. The van der Waals surface area contributed by atoms with Gasteiger partial charge in [0.25, 0.3) is 0 Å². The lowest BCUT2D eigenvalue weighted by Gasteiger charge is -2.28. The third-order valence-corrected chi connectivity index (χ3v) is 7.74. The largest absolute Gasteiger partial charge is 0.478 e.